The van der Waals surface area contributed by atoms with Crippen molar-refractivity contribution in [1.29, 1.82) is 0 Å². The number of piperidine rings is 1. The molecule has 0 amide bonds. The number of quaternary nitrogens is 1. The number of hydrogen-bond acceptors (Lipinski definition) is 5. The van der Waals surface area contributed by atoms with Gasteiger partial charge in [0.2, 0.25) is 5.60 Å². The zero-order valence-corrected chi connectivity index (χ0v) is 19.1. The van der Waals surface area contributed by atoms with Crippen molar-refractivity contribution in [1.82, 2.24) is 9.97 Å². The number of hydrogen-bond donors (Lipinski definition) is 1. The van der Waals surface area contributed by atoms with Crippen molar-refractivity contribution in [2.24, 2.45) is 0 Å². The Morgan fingerprint density at radius 3 is 2.36 bits per heavy atom. The van der Waals surface area contributed by atoms with E-state index in [0.29, 0.717) is 11.1 Å². The molecule has 4 rings (SSSR count). The van der Waals surface area contributed by atoms with E-state index in [1.54, 1.807) is 36.8 Å². The number of aliphatic hydroxyl groups is 1. The van der Waals surface area contributed by atoms with Crippen LogP contribution in [0.25, 0.3) is 0 Å². The van der Waals surface area contributed by atoms with Gasteiger partial charge in [0.05, 0.1) is 20.1 Å². The molecule has 0 radical (unpaired) electrons. The van der Waals surface area contributed by atoms with E-state index in [1.165, 1.54) is 0 Å². The van der Waals surface area contributed by atoms with Crippen molar-refractivity contribution < 1.29 is 19.1 Å². The van der Waals surface area contributed by atoms with Gasteiger partial charge in [0.25, 0.3) is 0 Å². The van der Waals surface area contributed by atoms with Gasteiger partial charge >= 0.3 is 5.97 Å². The molecule has 172 valence electrons. The number of carbonyl (C=O) groups is 1. The summed E-state index contributed by atoms with van der Waals surface area (Å²) in [5.74, 6) is -0.612. The van der Waals surface area contributed by atoms with Gasteiger partial charge in [-0.1, -0.05) is 60.7 Å². The summed E-state index contributed by atoms with van der Waals surface area (Å²) in [7, 11) is 2.22. The van der Waals surface area contributed by atoms with Crippen molar-refractivity contribution in [2.75, 3.05) is 26.7 Å². The molecule has 0 saturated carbocycles. The van der Waals surface area contributed by atoms with E-state index >= 15 is 0 Å². The first-order valence-corrected chi connectivity index (χ1v) is 11.6. The topological polar surface area (TPSA) is 72.3 Å². The molecule has 1 unspecified atom stereocenters. The van der Waals surface area contributed by atoms with Crippen LogP contribution in [0.4, 0.5) is 0 Å². The molecule has 2 atom stereocenters. The van der Waals surface area contributed by atoms with E-state index in [4.69, 9.17) is 4.74 Å². The molecule has 0 bridgehead atoms. The van der Waals surface area contributed by atoms with Gasteiger partial charge in [-0.3, -0.25) is 0 Å². The van der Waals surface area contributed by atoms with Crippen molar-refractivity contribution in [2.45, 2.75) is 37.4 Å². The largest absolute Gasteiger partial charge is 0.454 e. The normalized spacial score (nSPS) is 20.8. The summed E-state index contributed by atoms with van der Waals surface area (Å²) in [6.07, 6.45) is 6.84. The molecule has 1 aromatic heterocycles. The summed E-state index contributed by atoms with van der Waals surface area (Å²) in [6.45, 7) is 2.79. The zero-order chi connectivity index (χ0) is 23.2. The fraction of sp³-hybridized carbons (Fsp3) is 0.370. The van der Waals surface area contributed by atoms with Crippen LogP contribution in [0.15, 0.2) is 79.3 Å². The second-order valence-electron chi connectivity index (χ2n) is 9.17. The van der Waals surface area contributed by atoms with E-state index in [1.807, 2.05) is 42.5 Å². The molecule has 0 aliphatic carbocycles. The van der Waals surface area contributed by atoms with Gasteiger partial charge in [0.15, 0.2) is 6.10 Å². The highest BCUT2D eigenvalue weighted by molar-refractivity contribution is 5.85. The highest BCUT2D eigenvalue weighted by Gasteiger charge is 2.44. The van der Waals surface area contributed by atoms with Gasteiger partial charge in [-0.05, 0) is 30.0 Å². The van der Waals surface area contributed by atoms with Crippen LogP contribution in [0, 0.1) is 0 Å². The van der Waals surface area contributed by atoms with Crippen LogP contribution >= 0.6 is 0 Å². The molecule has 1 fully saturated rings. The van der Waals surface area contributed by atoms with Gasteiger partial charge in [-0.25, -0.2) is 14.8 Å². The van der Waals surface area contributed by atoms with Crippen LogP contribution in [0.1, 0.15) is 36.1 Å². The van der Waals surface area contributed by atoms with Gasteiger partial charge in [0, 0.05) is 24.7 Å². The number of likely N-dealkylation sites (tertiary alicyclic amines) is 1. The first-order valence-electron chi connectivity index (χ1n) is 11.6. The maximum Gasteiger partial charge on any atom is 0.348 e. The van der Waals surface area contributed by atoms with Gasteiger partial charge in [-0.2, -0.15) is 0 Å². The molecular formula is C27H32N3O3+. The molecule has 1 aliphatic heterocycles. The number of benzene rings is 2. The van der Waals surface area contributed by atoms with Crippen LogP contribution in [0.3, 0.4) is 0 Å². The van der Waals surface area contributed by atoms with Crippen molar-refractivity contribution in [3.63, 3.8) is 0 Å². The second kappa shape index (κ2) is 10.2. The van der Waals surface area contributed by atoms with Crippen LogP contribution in [-0.4, -0.2) is 58.3 Å². The Kier molecular flexibility index (Phi) is 7.16. The zero-order valence-electron chi connectivity index (χ0n) is 19.1. The fourth-order valence-corrected chi connectivity index (χ4v) is 4.78. The van der Waals surface area contributed by atoms with E-state index in [9.17, 15) is 9.90 Å². The molecule has 1 N–H and O–H groups in total. The fourth-order valence-electron chi connectivity index (χ4n) is 4.78. The Morgan fingerprint density at radius 1 is 1.09 bits per heavy atom. The van der Waals surface area contributed by atoms with Crippen LogP contribution in [0.5, 0.6) is 0 Å². The summed E-state index contributed by atoms with van der Waals surface area (Å²) >= 11 is 0. The molecule has 1 aliphatic rings. The van der Waals surface area contributed by atoms with Crippen molar-refractivity contribution in [3.8, 4) is 0 Å². The third kappa shape index (κ3) is 5.46. The van der Waals surface area contributed by atoms with Crippen molar-refractivity contribution >= 4 is 5.97 Å². The minimum Gasteiger partial charge on any atom is -0.454 e. The smallest absolute Gasteiger partial charge is 0.348 e. The average molecular weight is 447 g/mol. The van der Waals surface area contributed by atoms with Crippen LogP contribution in [-0.2, 0) is 21.6 Å². The number of esters is 1. The molecule has 2 aromatic carbocycles. The number of aromatic nitrogens is 2. The molecule has 6 heteroatoms. The Labute approximate surface area is 195 Å². The lowest BCUT2D eigenvalue weighted by molar-refractivity contribution is -0.917. The maximum atomic E-state index is 13.5. The number of aryl methyl sites for hydroxylation is 1. The molecule has 1 saturated heterocycles. The lowest BCUT2D eigenvalue weighted by Crippen LogP contribution is -2.55. The standard InChI is InChI=1S/C27H32N3O3/c1-30(18-8-14-24-16-17-28-21-29-24)19-9-15-25(20-30)33-26(31)27(32,22-10-4-2-5-11-22)23-12-6-3-7-13-23/h2-7,10-13,16-17,21,25,32H,8-9,14-15,18-20H2,1H3/q+1/t25?,30-/m1/s1. The second-order valence-corrected chi connectivity index (χ2v) is 9.17. The Morgan fingerprint density at radius 2 is 1.76 bits per heavy atom. The maximum absolute atomic E-state index is 13.5. The highest BCUT2D eigenvalue weighted by Crippen LogP contribution is 2.32. The summed E-state index contributed by atoms with van der Waals surface area (Å²) in [4.78, 5) is 21.7. The summed E-state index contributed by atoms with van der Waals surface area (Å²) in [6, 6.07) is 20.0. The monoisotopic (exact) mass is 446 g/mol. The molecule has 2 heterocycles. The summed E-state index contributed by atoms with van der Waals surface area (Å²) < 4.78 is 6.85. The summed E-state index contributed by atoms with van der Waals surface area (Å²) in [5, 5.41) is 11.7. The average Bonchev–Trinajstić information content (AvgIpc) is 2.85. The van der Waals surface area contributed by atoms with Crippen LogP contribution in [0.2, 0.25) is 0 Å². The minimum atomic E-state index is -1.84. The predicted molar refractivity (Wildman–Crippen MR) is 126 cm³/mol. The third-order valence-corrected chi connectivity index (χ3v) is 6.59. The lowest BCUT2D eigenvalue weighted by atomic mass is 9.86. The Bertz CT molecular complexity index is 991. The van der Waals surface area contributed by atoms with E-state index < -0.39 is 11.6 Å². The number of nitrogens with zero attached hydrogens (tertiary/aromatic N) is 3. The molecular weight excluding hydrogens is 414 g/mol. The molecule has 0 spiro atoms. The number of carbonyl (C=O) groups excluding carboxylic acids is 1. The Hall–Kier alpha value is -3.09. The third-order valence-electron chi connectivity index (χ3n) is 6.59. The first kappa shape index (κ1) is 23.1. The van der Waals surface area contributed by atoms with E-state index in [0.717, 1.165) is 55.5 Å². The number of likely N-dealkylation sites (N-methyl/N-ethyl adjacent to an activating group) is 1. The number of rotatable bonds is 8. The molecule has 6 nitrogen and oxygen atoms in total. The molecule has 3 aromatic rings. The SMILES string of the molecule is C[N@@+]1(CCCc2ccncn2)CCCC(OC(=O)C(O)(c2ccccc2)c2ccccc2)C1. The van der Waals surface area contributed by atoms with Gasteiger partial charge in [-0.15, -0.1) is 0 Å². The highest BCUT2D eigenvalue weighted by atomic mass is 16.6. The van der Waals surface area contributed by atoms with Crippen LogP contribution < -0.4 is 0 Å². The minimum absolute atomic E-state index is 0.228. The van der Waals surface area contributed by atoms with Crippen molar-refractivity contribution in [3.05, 3.63) is 96.1 Å². The van der Waals surface area contributed by atoms with E-state index in [-0.39, 0.29) is 6.10 Å². The Balaban J connectivity index is 1.44. The van der Waals surface area contributed by atoms with Gasteiger partial charge < -0.3 is 14.3 Å². The quantitative estimate of drug-likeness (QED) is 0.424. The first-order chi connectivity index (χ1) is 16.0. The van der Waals surface area contributed by atoms with Gasteiger partial charge in [0.1, 0.15) is 12.9 Å². The number of ether oxygens (including phenoxy) is 1. The lowest BCUT2D eigenvalue weighted by Gasteiger charge is -2.41. The predicted octanol–water partition coefficient (Wildman–Crippen LogP) is 3.50. The van der Waals surface area contributed by atoms with E-state index in [2.05, 4.69) is 17.0 Å². The molecule has 33 heavy (non-hydrogen) atoms. The summed E-state index contributed by atoms with van der Waals surface area (Å²) in [5.41, 5.74) is 0.238.